The minimum atomic E-state index is 0.197. The number of likely N-dealkylation sites (tertiary alicyclic amines) is 1. The molecule has 3 aliphatic heterocycles. The molecule has 6 rings (SSSR count). The summed E-state index contributed by atoms with van der Waals surface area (Å²) in [7, 11) is 0. The lowest BCUT2D eigenvalue weighted by molar-refractivity contribution is 0.281. The number of phenolic OH excluding ortho intramolecular Hbond substituents is 1. The van der Waals surface area contributed by atoms with Crippen molar-refractivity contribution in [2.24, 2.45) is 0 Å². The minimum absolute atomic E-state index is 0.197. The van der Waals surface area contributed by atoms with Gasteiger partial charge in [0, 0.05) is 48.3 Å². The fourth-order valence-electron chi connectivity index (χ4n) is 6.59. The number of para-hydroxylation sites is 1. The molecule has 0 aliphatic carbocycles. The number of nitrogen functional groups attached to an aromatic ring is 1. The molecule has 38 heavy (non-hydrogen) atoms. The number of phenols is 1. The monoisotopic (exact) mass is 513 g/mol. The highest BCUT2D eigenvalue weighted by molar-refractivity contribution is 5.74. The van der Waals surface area contributed by atoms with Gasteiger partial charge in [0.1, 0.15) is 5.75 Å². The summed E-state index contributed by atoms with van der Waals surface area (Å²) in [5, 5.41) is 18.8. The Bertz CT molecular complexity index is 1230. The van der Waals surface area contributed by atoms with E-state index in [1.54, 1.807) is 6.07 Å². The highest BCUT2D eigenvalue weighted by Crippen LogP contribution is 2.39. The normalized spacial score (nSPS) is 22.0. The highest BCUT2D eigenvalue weighted by atomic mass is 16.3. The molecule has 0 spiro atoms. The van der Waals surface area contributed by atoms with E-state index in [1.165, 1.54) is 76.0 Å². The van der Waals surface area contributed by atoms with Crippen molar-refractivity contribution in [1.29, 1.82) is 0 Å². The second-order valence-electron chi connectivity index (χ2n) is 11.1. The SMILES string of the molecule is Nc1nnc(-c2ccccc2O)cc1N1CC2CCC(C1)N2c1ccnc(CCCN2CCCCCC2)c1. The minimum Gasteiger partial charge on any atom is -0.507 e. The van der Waals surface area contributed by atoms with Crippen molar-refractivity contribution < 1.29 is 5.11 Å². The van der Waals surface area contributed by atoms with Gasteiger partial charge in [-0.1, -0.05) is 25.0 Å². The van der Waals surface area contributed by atoms with Gasteiger partial charge in [0.15, 0.2) is 5.82 Å². The topological polar surface area (TPSA) is 94.6 Å². The molecule has 8 nitrogen and oxygen atoms in total. The number of aromatic hydroxyl groups is 1. The second kappa shape index (κ2) is 11.2. The molecule has 3 saturated heterocycles. The van der Waals surface area contributed by atoms with E-state index >= 15 is 0 Å². The van der Waals surface area contributed by atoms with Gasteiger partial charge in [-0.25, -0.2) is 0 Å². The Morgan fingerprint density at radius 3 is 2.45 bits per heavy atom. The number of benzene rings is 1. The predicted molar refractivity (Wildman–Crippen MR) is 153 cm³/mol. The second-order valence-corrected chi connectivity index (χ2v) is 11.1. The van der Waals surface area contributed by atoms with Crippen LogP contribution in [-0.2, 0) is 6.42 Å². The largest absolute Gasteiger partial charge is 0.507 e. The van der Waals surface area contributed by atoms with Gasteiger partial charge in [0.2, 0.25) is 0 Å². The summed E-state index contributed by atoms with van der Waals surface area (Å²) in [6.45, 7) is 5.47. The Balaban J connectivity index is 1.13. The first-order valence-electron chi connectivity index (χ1n) is 14.3. The molecule has 3 aromatic rings. The smallest absolute Gasteiger partial charge is 0.169 e. The van der Waals surface area contributed by atoms with Crippen LogP contribution >= 0.6 is 0 Å². The molecule has 2 aromatic heterocycles. The van der Waals surface area contributed by atoms with Crippen LogP contribution in [0.1, 0.15) is 50.6 Å². The average Bonchev–Trinajstić information content (AvgIpc) is 3.09. The van der Waals surface area contributed by atoms with Crippen molar-refractivity contribution in [1.82, 2.24) is 20.1 Å². The third-order valence-corrected chi connectivity index (χ3v) is 8.51. The molecule has 0 amide bonds. The predicted octanol–water partition coefficient (Wildman–Crippen LogP) is 4.49. The lowest BCUT2D eigenvalue weighted by Gasteiger charge is -2.43. The zero-order valence-electron chi connectivity index (χ0n) is 22.2. The Labute approximate surface area is 225 Å². The number of anilines is 3. The molecule has 0 saturated carbocycles. The van der Waals surface area contributed by atoms with Crippen LogP contribution in [0.15, 0.2) is 48.7 Å². The number of aryl methyl sites for hydroxylation is 1. The Morgan fingerprint density at radius 1 is 0.921 bits per heavy atom. The fourth-order valence-corrected chi connectivity index (χ4v) is 6.59. The summed E-state index contributed by atoms with van der Waals surface area (Å²) in [6.07, 6.45) is 12.0. The molecule has 5 heterocycles. The van der Waals surface area contributed by atoms with Crippen molar-refractivity contribution >= 4 is 17.2 Å². The fraction of sp³-hybridized carbons (Fsp3) is 0.500. The van der Waals surface area contributed by atoms with Crippen LogP contribution in [0.3, 0.4) is 0 Å². The number of piperazine rings is 1. The summed E-state index contributed by atoms with van der Waals surface area (Å²) < 4.78 is 0. The first-order chi connectivity index (χ1) is 18.7. The third-order valence-electron chi connectivity index (χ3n) is 8.51. The molecule has 3 fully saturated rings. The number of nitrogens with zero attached hydrogens (tertiary/aromatic N) is 6. The van der Waals surface area contributed by atoms with Gasteiger partial charge < -0.3 is 25.5 Å². The lowest BCUT2D eigenvalue weighted by atomic mass is 10.1. The average molecular weight is 514 g/mol. The maximum Gasteiger partial charge on any atom is 0.169 e. The number of hydrogen-bond donors (Lipinski definition) is 2. The van der Waals surface area contributed by atoms with E-state index in [0.717, 1.165) is 25.2 Å². The van der Waals surface area contributed by atoms with E-state index in [9.17, 15) is 5.11 Å². The molecular formula is C30H39N7O. The van der Waals surface area contributed by atoms with Crippen LogP contribution in [0.25, 0.3) is 11.3 Å². The molecule has 3 aliphatic rings. The first-order valence-corrected chi connectivity index (χ1v) is 14.3. The van der Waals surface area contributed by atoms with Crippen LogP contribution in [0.4, 0.5) is 17.2 Å². The van der Waals surface area contributed by atoms with Gasteiger partial charge in [0.05, 0.1) is 11.4 Å². The molecule has 0 radical (unpaired) electrons. The van der Waals surface area contributed by atoms with Crippen LogP contribution in [0.2, 0.25) is 0 Å². The van der Waals surface area contributed by atoms with Gasteiger partial charge in [0.25, 0.3) is 0 Å². The zero-order chi connectivity index (χ0) is 25.9. The first kappa shape index (κ1) is 24.9. The van der Waals surface area contributed by atoms with Crippen molar-refractivity contribution in [3.63, 3.8) is 0 Å². The Hall–Kier alpha value is -3.39. The maximum absolute atomic E-state index is 10.3. The van der Waals surface area contributed by atoms with Crippen LogP contribution in [0.5, 0.6) is 5.75 Å². The molecule has 8 heteroatoms. The molecule has 2 bridgehead atoms. The lowest BCUT2D eigenvalue weighted by Crippen LogP contribution is -2.54. The summed E-state index contributed by atoms with van der Waals surface area (Å²) in [5.41, 5.74) is 11.0. The number of hydrogen-bond acceptors (Lipinski definition) is 8. The van der Waals surface area contributed by atoms with Crippen molar-refractivity contribution in [3.05, 3.63) is 54.4 Å². The number of aromatic nitrogens is 3. The molecule has 200 valence electrons. The van der Waals surface area contributed by atoms with Gasteiger partial charge in [-0.2, -0.15) is 0 Å². The zero-order valence-corrected chi connectivity index (χ0v) is 22.2. The van der Waals surface area contributed by atoms with E-state index in [-0.39, 0.29) is 5.75 Å². The third kappa shape index (κ3) is 5.27. The highest BCUT2D eigenvalue weighted by Gasteiger charge is 2.40. The maximum atomic E-state index is 10.3. The van der Waals surface area contributed by atoms with E-state index in [1.807, 2.05) is 30.5 Å². The van der Waals surface area contributed by atoms with Crippen LogP contribution in [0, 0.1) is 0 Å². The summed E-state index contributed by atoms with van der Waals surface area (Å²) in [4.78, 5) is 12.3. The van der Waals surface area contributed by atoms with Crippen molar-refractivity contribution in [2.45, 2.75) is 63.5 Å². The summed E-state index contributed by atoms with van der Waals surface area (Å²) in [6, 6.07) is 14.5. The summed E-state index contributed by atoms with van der Waals surface area (Å²) in [5.74, 6) is 0.634. The molecule has 1 aromatic carbocycles. The van der Waals surface area contributed by atoms with Gasteiger partial charge in [-0.05, 0) is 88.5 Å². The van der Waals surface area contributed by atoms with Gasteiger partial charge in [-0.15, -0.1) is 10.2 Å². The molecular weight excluding hydrogens is 474 g/mol. The van der Waals surface area contributed by atoms with E-state index < -0.39 is 0 Å². The van der Waals surface area contributed by atoms with Crippen LogP contribution in [-0.4, -0.2) is 70.0 Å². The quantitative estimate of drug-likeness (QED) is 0.477. The number of nitrogens with two attached hydrogens (primary N) is 1. The van der Waals surface area contributed by atoms with Crippen LogP contribution < -0.4 is 15.5 Å². The van der Waals surface area contributed by atoms with Gasteiger partial charge >= 0.3 is 0 Å². The molecule has 3 N–H and O–H groups in total. The van der Waals surface area contributed by atoms with Gasteiger partial charge in [-0.3, -0.25) is 4.98 Å². The van der Waals surface area contributed by atoms with E-state index in [0.29, 0.717) is 29.2 Å². The Kier molecular flexibility index (Phi) is 7.31. The number of fused-ring (bicyclic) bond motifs is 2. The van der Waals surface area contributed by atoms with Crippen molar-refractivity contribution in [2.75, 3.05) is 48.3 Å². The number of pyridine rings is 1. The molecule has 2 unspecified atom stereocenters. The van der Waals surface area contributed by atoms with Crippen molar-refractivity contribution in [3.8, 4) is 17.0 Å². The summed E-state index contributed by atoms with van der Waals surface area (Å²) >= 11 is 0. The van der Waals surface area contributed by atoms with E-state index in [2.05, 4.69) is 37.0 Å². The number of rotatable bonds is 7. The standard InChI is InChI=1S/C30H39N7O/c31-30-28(19-27(33-34-30)26-9-3-4-10-29(26)38)36-20-24-11-12-25(21-36)37(24)23-13-14-32-22(18-23)8-7-17-35-15-5-1-2-6-16-35/h3-4,9-10,13-14,18-19,24-25,38H,1-2,5-8,11-12,15-17,20-21H2,(H2,31,34). The molecule has 2 atom stereocenters. The Morgan fingerprint density at radius 2 is 1.68 bits per heavy atom. The van der Waals surface area contributed by atoms with E-state index in [4.69, 9.17) is 10.7 Å².